The molecule has 2 bridgehead atoms. The number of aliphatic hydroxyl groups is 1. The Kier molecular flexibility index (Phi) is 5.01. The number of carbonyl (C=O) groups excluding carboxylic acids is 1. The van der Waals surface area contributed by atoms with Gasteiger partial charge < -0.3 is 16.2 Å². The highest BCUT2D eigenvalue weighted by molar-refractivity contribution is 5.99. The van der Waals surface area contributed by atoms with Gasteiger partial charge in [-0.25, -0.2) is 9.37 Å². The number of piperidine rings is 1. The predicted octanol–water partition coefficient (Wildman–Crippen LogP) is 3.44. The van der Waals surface area contributed by atoms with Crippen LogP contribution in [0, 0.1) is 5.92 Å². The smallest absolute Gasteiger partial charge is 0.255 e. The average molecular weight is 465 g/mol. The van der Waals surface area contributed by atoms with Crippen LogP contribution in [0.2, 0.25) is 0 Å². The molecular weight excluding hydrogens is 431 g/mol. The number of aromatic nitrogens is 1. The molecule has 2 heterocycles. The van der Waals surface area contributed by atoms with Gasteiger partial charge in [-0.2, -0.15) is 0 Å². The SMILES string of the molecule is Nc1ncc(-c2ccc([C@]34C[C@H]3CN(CCF)C4)cc2)cc1C(=O)NC12CCC(O)(CC1)CC2. The number of hydrogen-bond acceptors (Lipinski definition) is 5. The lowest BCUT2D eigenvalue weighted by Crippen LogP contribution is -2.58. The third kappa shape index (κ3) is 3.60. The fraction of sp³-hybridized carbons (Fsp3) is 0.556. The lowest BCUT2D eigenvalue weighted by Gasteiger charge is -2.51. The molecular formula is C27H33FN4O2. The summed E-state index contributed by atoms with van der Waals surface area (Å²) < 4.78 is 12.8. The Morgan fingerprint density at radius 1 is 1.15 bits per heavy atom. The van der Waals surface area contributed by atoms with E-state index in [-0.39, 0.29) is 29.4 Å². The normalized spacial score (nSPS) is 34.1. The molecule has 5 fully saturated rings. The molecule has 1 amide bonds. The Morgan fingerprint density at radius 3 is 2.53 bits per heavy atom. The zero-order valence-corrected chi connectivity index (χ0v) is 19.5. The molecule has 0 spiro atoms. The van der Waals surface area contributed by atoms with Gasteiger partial charge in [0.05, 0.1) is 11.2 Å². The molecule has 34 heavy (non-hydrogen) atoms. The minimum absolute atomic E-state index is 0.184. The zero-order chi connectivity index (χ0) is 23.6. The summed E-state index contributed by atoms with van der Waals surface area (Å²) in [6.07, 6.45) is 7.52. The van der Waals surface area contributed by atoms with Crippen molar-refractivity contribution in [1.29, 1.82) is 0 Å². The first-order valence-electron chi connectivity index (χ1n) is 12.5. The highest BCUT2D eigenvalue weighted by Crippen LogP contribution is 2.59. The predicted molar refractivity (Wildman–Crippen MR) is 129 cm³/mol. The van der Waals surface area contributed by atoms with E-state index in [1.807, 2.05) is 6.07 Å². The summed E-state index contributed by atoms with van der Waals surface area (Å²) in [6, 6.07) is 10.4. The summed E-state index contributed by atoms with van der Waals surface area (Å²) in [5.41, 5.74) is 9.09. The molecule has 2 aromatic rings. The van der Waals surface area contributed by atoms with Crippen LogP contribution in [0.25, 0.3) is 11.1 Å². The van der Waals surface area contributed by atoms with Gasteiger partial charge in [-0.3, -0.25) is 9.69 Å². The second-order valence-electron chi connectivity index (χ2n) is 11.2. The number of nitrogens with zero attached hydrogens (tertiary/aromatic N) is 2. The molecule has 4 N–H and O–H groups in total. The molecule has 0 radical (unpaired) electrons. The number of alkyl halides is 1. The Morgan fingerprint density at radius 2 is 1.85 bits per heavy atom. The van der Waals surface area contributed by atoms with Crippen LogP contribution in [0.3, 0.4) is 0 Å². The van der Waals surface area contributed by atoms with Crippen molar-refractivity contribution in [3.63, 3.8) is 0 Å². The number of benzene rings is 1. The number of hydrogen-bond donors (Lipinski definition) is 3. The van der Waals surface area contributed by atoms with Gasteiger partial charge in [-0.15, -0.1) is 0 Å². The first kappa shape index (κ1) is 22.0. The van der Waals surface area contributed by atoms with Crippen molar-refractivity contribution in [3.05, 3.63) is 47.7 Å². The third-order valence-corrected chi connectivity index (χ3v) is 9.16. The minimum atomic E-state index is -0.538. The highest BCUT2D eigenvalue weighted by atomic mass is 19.1. The fourth-order valence-electron chi connectivity index (χ4n) is 6.79. The van der Waals surface area contributed by atoms with Gasteiger partial charge in [0.15, 0.2) is 0 Å². The second kappa shape index (κ2) is 7.75. The van der Waals surface area contributed by atoms with Crippen LogP contribution in [-0.2, 0) is 5.41 Å². The summed E-state index contributed by atoms with van der Waals surface area (Å²) in [7, 11) is 0. The second-order valence-corrected chi connectivity index (χ2v) is 11.2. The number of pyridine rings is 1. The van der Waals surface area contributed by atoms with Crippen molar-refractivity contribution in [1.82, 2.24) is 15.2 Å². The van der Waals surface area contributed by atoms with E-state index >= 15 is 0 Å². The van der Waals surface area contributed by atoms with Crippen LogP contribution in [0.5, 0.6) is 0 Å². The Hall–Kier alpha value is -2.51. The first-order valence-corrected chi connectivity index (χ1v) is 12.5. The van der Waals surface area contributed by atoms with E-state index in [9.17, 15) is 14.3 Å². The lowest BCUT2D eigenvalue weighted by atomic mass is 9.63. The van der Waals surface area contributed by atoms with Crippen LogP contribution in [0.1, 0.15) is 60.9 Å². The van der Waals surface area contributed by atoms with Crippen molar-refractivity contribution in [2.45, 2.75) is 61.5 Å². The summed E-state index contributed by atoms with van der Waals surface area (Å²) >= 11 is 0. The van der Waals surface area contributed by atoms with Gasteiger partial charge in [0.25, 0.3) is 5.91 Å². The van der Waals surface area contributed by atoms with Gasteiger partial charge in [0.1, 0.15) is 12.5 Å². The van der Waals surface area contributed by atoms with Crippen molar-refractivity contribution in [2.75, 3.05) is 32.0 Å². The van der Waals surface area contributed by atoms with Crippen molar-refractivity contribution in [3.8, 4) is 11.1 Å². The molecule has 4 saturated carbocycles. The number of nitrogens with two attached hydrogens (primary N) is 1. The number of rotatable bonds is 6. The molecule has 1 aliphatic heterocycles. The monoisotopic (exact) mass is 464 g/mol. The first-order chi connectivity index (χ1) is 16.3. The average Bonchev–Trinajstić information content (AvgIpc) is 3.42. The van der Waals surface area contributed by atoms with Gasteiger partial charge >= 0.3 is 0 Å². The standard InChI is InChI=1S/C27H33FN4O2/c28-11-12-32-16-21-14-27(21,17-32)20-3-1-18(2-4-20)19-13-22(23(29)30-15-19)24(33)31-25-5-8-26(34,9-6-25)10-7-25/h1-4,13,15,21,34H,5-12,14,16-17H2,(H2,29,30)(H,31,33)/t21-,25?,26?,27+/m0/s1. The van der Waals surface area contributed by atoms with Crippen LogP contribution >= 0.6 is 0 Å². The number of nitrogen functional groups attached to an aromatic ring is 1. The lowest BCUT2D eigenvalue weighted by molar-refractivity contribution is -0.0702. The van der Waals surface area contributed by atoms with E-state index in [0.717, 1.165) is 62.7 Å². The molecule has 1 aromatic carbocycles. The maximum atomic E-state index is 13.2. The number of fused-ring (bicyclic) bond motifs is 4. The van der Waals surface area contributed by atoms with E-state index in [1.54, 1.807) is 6.20 Å². The number of carbonyl (C=O) groups is 1. The maximum Gasteiger partial charge on any atom is 0.255 e. The largest absolute Gasteiger partial charge is 0.390 e. The zero-order valence-electron chi connectivity index (χ0n) is 19.5. The number of nitrogens with one attached hydrogen (secondary N) is 1. The van der Waals surface area contributed by atoms with Crippen LogP contribution in [0.15, 0.2) is 36.5 Å². The highest BCUT2D eigenvalue weighted by Gasteiger charge is 2.60. The number of likely N-dealkylation sites (tertiary alicyclic amines) is 1. The molecule has 6 nitrogen and oxygen atoms in total. The molecule has 1 aromatic heterocycles. The minimum Gasteiger partial charge on any atom is -0.390 e. The fourth-order valence-corrected chi connectivity index (χ4v) is 6.79. The van der Waals surface area contributed by atoms with Gasteiger partial charge in [0, 0.05) is 42.3 Å². The van der Waals surface area contributed by atoms with E-state index in [2.05, 4.69) is 39.5 Å². The maximum absolute atomic E-state index is 13.2. The van der Waals surface area contributed by atoms with Crippen molar-refractivity contribution < 1.29 is 14.3 Å². The molecule has 4 aliphatic carbocycles. The van der Waals surface area contributed by atoms with Crippen LogP contribution in [0.4, 0.5) is 10.2 Å². The van der Waals surface area contributed by atoms with E-state index < -0.39 is 5.60 Å². The summed E-state index contributed by atoms with van der Waals surface area (Å²) in [4.78, 5) is 19.8. The molecule has 7 rings (SSSR count). The Balaban J connectivity index is 1.19. The molecule has 5 aliphatic rings. The summed E-state index contributed by atoms with van der Waals surface area (Å²) in [6.45, 7) is 2.17. The molecule has 2 atom stereocenters. The summed E-state index contributed by atoms with van der Waals surface area (Å²) in [5, 5.41) is 13.7. The molecule has 7 heteroatoms. The van der Waals surface area contributed by atoms with Crippen molar-refractivity contribution >= 4 is 11.7 Å². The Labute approximate surface area is 199 Å². The van der Waals surface area contributed by atoms with Gasteiger partial charge in [0.2, 0.25) is 0 Å². The molecule has 180 valence electrons. The van der Waals surface area contributed by atoms with Crippen molar-refractivity contribution in [2.24, 2.45) is 5.92 Å². The number of anilines is 1. The van der Waals surface area contributed by atoms with Gasteiger partial charge in [-0.05, 0) is 68.1 Å². The molecule has 0 unspecified atom stereocenters. The van der Waals surface area contributed by atoms with E-state index in [4.69, 9.17) is 5.73 Å². The quantitative estimate of drug-likeness (QED) is 0.609. The van der Waals surface area contributed by atoms with E-state index in [1.165, 1.54) is 12.0 Å². The third-order valence-electron chi connectivity index (χ3n) is 9.16. The number of halogens is 1. The van der Waals surface area contributed by atoms with Gasteiger partial charge in [-0.1, -0.05) is 24.3 Å². The van der Waals surface area contributed by atoms with Crippen LogP contribution < -0.4 is 11.1 Å². The van der Waals surface area contributed by atoms with E-state index in [0.29, 0.717) is 18.0 Å². The summed E-state index contributed by atoms with van der Waals surface area (Å²) in [5.74, 6) is 0.679. The van der Waals surface area contributed by atoms with Crippen LogP contribution in [-0.4, -0.2) is 58.3 Å². The molecule has 1 saturated heterocycles. The number of amides is 1. The topological polar surface area (TPSA) is 91.5 Å². The Bertz CT molecular complexity index is 1100.